The molecule has 130 valence electrons. The molecule has 5 heteroatoms. The second-order valence-corrected chi connectivity index (χ2v) is 8.00. The number of allylic oxidation sites excluding steroid dienone is 1. The van der Waals surface area contributed by atoms with Crippen LogP contribution in [-0.4, -0.2) is 29.3 Å². The zero-order valence-electron chi connectivity index (χ0n) is 14.4. The highest BCUT2D eigenvalue weighted by molar-refractivity contribution is 5.80. The van der Waals surface area contributed by atoms with Gasteiger partial charge in [0, 0.05) is 0 Å². The van der Waals surface area contributed by atoms with E-state index in [1.165, 1.54) is 6.42 Å². The van der Waals surface area contributed by atoms with Crippen molar-refractivity contribution in [1.82, 2.24) is 5.32 Å². The fourth-order valence-corrected chi connectivity index (χ4v) is 3.79. The Morgan fingerprint density at radius 1 is 1.39 bits per heavy atom. The van der Waals surface area contributed by atoms with Gasteiger partial charge in [0.25, 0.3) is 0 Å². The third kappa shape index (κ3) is 4.49. The Bertz CT molecular complexity index is 468. The summed E-state index contributed by atoms with van der Waals surface area (Å²) in [5, 5.41) is 11.8. The predicted octanol–water partition coefficient (Wildman–Crippen LogP) is 3.59. The van der Waals surface area contributed by atoms with Gasteiger partial charge in [0.1, 0.15) is 12.1 Å². The minimum Gasteiger partial charge on any atom is -0.480 e. The van der Waals surface area contributed by atoms with Gasteiger partial charge in [-0.1, -0.05) is 26.8 Å². The summed E-state index contributed by atoms with van der Waals surface area (Å²) in [6.45, 7) is 9.10. The number of carbonyl (C=O) groups excluding carboxylic acids is 1. The third-order valence-electron chi connectivity index (χ3n) is 5.12. The molecule has 0 heterocycles. The van der Waals surface area contributed by atoms with Crippen molar-refractivity contribution in [3.8, 4) is 0 Å². The molecule has 0 spiro atoms. The molecule has 0 aromatic heterocycles. The Kier molecular flexibility index (Phi) is 5.37. The number of nitrogens with one attached hydrogen (secondary N) is 1. The van der Waals surface area contributed by atoms with Crippen LogP contribution in [0.2, 0.25) is 0 Å². The molecule has 2 rings (SSSR count). The summed E-state index contributed by atoms with van der Waals surface area (Å²) in [5.74, 6) is 0.768. The Morgan fingerprint density at radius 3 is 2.65 bits per heavy atom. The largest absolute Gasteiger partial charge is 0.480 e. The number of hydrogen-bond donors (Lipinski definition) is 2. The van der Waals surface area contributed by atoms with Crippen LogP contribution in [0, 0.1) is 23.2 Å². The molecule has 23 heavy (non-hydrogen) atoms. The molecule has 0 aromatic carbocycles. The predicted molar refractivity (Wildman–Crippen MR) is 88.0 cm³/mol. The molecular weight excluding hydrogens is 294 g/mol. The molecule has 5 nitrogen and oxygen atoms in total. The highest BCUT2D eigenvalue weighted by Crippen LogP contribution is 2.57. The summed E-state index contributed by atoms with van der Waals surface area (Å²) >= 11 is 0. The van der Waals surface area contributed by atoms with Crippen molar-refractivity contribution in [2.45, 2.75) is 65.0 Å². The summed E-state index contributed by atoms with van der Waals surface area (Å²) in [5.41, 5.74) is -0.563. The topological polar surface area (TPSA) is 75.6 Å². The highest BCUT2D eigenvalue weighted by atomic mass is 16.6. The lowest BCUT2D eigenvalue weighted by atomic mass is 9.87. The van der Waals surface area contributed by atoms with E-state index in [1.54, 1.807) is 20.8 Å². The highest BCUT2D eigenvalue weighted by Gasteiger charge is 2.54. The molecule has 2 fully saturated rings. The number of amides is 1. The van der Waals surface area contributed by atoms with Crippen molar-refractivity contribution in [1.29, 1.82) is 0 Å². The van der Waals surface area contributed by atoms with Gasteiger partial charge in [-0.3, -0.25) is 0 Å². The van der Waals surface area contributed by atoms with E-state index in [0.717, 1.165) is 25.7 Å². The van der Waals surface area contributed by atoms with E-state index < -0.39 is 23.5 Å². The van der Waals surface area contributed by atoms with Crippen LogP contribution in [0.3, 0.4) is 0 Å². The number of aliphatic carboxylic acids is 1. The van der Waals surface area contributed by atoms with Crippen molar-refractivity contribution < 1.29 is 19.4 Å². The Labute approximate surface area is 138 Å². The van der Waals surface area contributed by atoms with Crippen molar-refractivity contribution in [3.05, 3.63) is 12.7 Å². The Morgan fingerprint density at radius 2 is 2.09 bits per heavy atom. The standard InChI is InChI=1S/C18H29NO4/c1-5-6-7-8-12-13-9-11(13)10-14(12)23-17(22)19-15(16(20)21)18(2,3)4/h5,11-15H,1,6-10H2,2-4H3,(H,19,22)(H,20,21)/t11-,12+,13-,14+,15+/m0/s1. The fourth-order valence-electron chi connectivity index (χ4n) is 3.79. The number of fused-ring (bicyclic) bond motifs is 1. The molecule has 0 aromatic rings. The van der Waals surface area contributed by atoms with Crippen LogP contribution in [0.1, 0.15) is 52.9 Å². The van der Waals surface area contributed by atoms with E-state index in [4.69, 9.17) is 4.74 Å². The van der Waals surface area contributed by atoms with E-state index in [0.29, 0.717) is 17.8 Å². The number of carboxylic acid groups (broad SMARTS) is 1. The summed E-state index contributed by atoms with van der Waals surface area (Å²) in [7, 11) is 0. The quantitative estimate of drug-likeness (QED) is 0.554. The van der Waals surface area contributed by atoms with Crippen LogP contribution in [0.4, 0.5) is 4.79 Å². The van der Waals surface area contributed by atoms with Gasteiger partial charge in [-0.15, -0.1) is 6.58 Å². The van der Waals surface area contributed by atoms with Crippen LogP contribution < -0.4 is 5.32 Å². The van der Waals surface area contributed by atoms with Crippen LogP contribution >= 0.6 is 0 Å². The van der Waals surface area contributed by atoms with Crippen molar-refractivity contribution in [2.24, 2.45) is 23.2 Å². The molecule has 2 aliphatic carbocycles. The first-order valence-electron chi connectivity index (χ1n) is 8.55. The van der Waals surface area contributed by atoms with Crippen molar-refractivity contribution >= 4 is 12.1 Å². The minimum absolute atomic E-state index is 0.0713. The third-order valence-corrected chi connectivity index (χ3v) is 5.12. The van der Waals surface area contributed by atoms with Gasteiger partial charge in [-0.25, -0.2) is 9.59 Å². The first kappa shape index (κ1) is 17.8. The van der Waals surface area contributed by atoms with E-state index in [9.17, 15) is 14.7 Å². The fraction of sp³-hybridized carbons (Fsp3) is 0.778. The van der Waals surface area contributed by atoms with Gasteiger partial charge >= 0.3 is 12.1 Å². The molecule has 0 bridgehead atoms. The average molecular weight is 323 g/mol. The Hall–Kier alpha value is -1.52. The number of rotatable bonds is 7. The molecule has 0 unspecified atom stereocenters. The zero-order chi connectivity index (χ0) is 17.2. The Balaban J connectivity index is 1.88. The number of carboxylic acids is 1. The van der Waals surface area contributed by atoms with Gasteiger partial charge in [0.2, 0.25) is 0 Å². The molecular formula is C18H29NO4. The number of hydrogen-bond acceptors (Lipinski definition) is 3. The minimum atomic E-state index is -1.04. The first-order chi connectivity index (χ1) is 10.7. The second kappa shape index (κ2) is 6.93. The molecule has 5 atom stereocenters. The van der Waals surface area contributed by atoms with Crippen LogP contribution in [-0.2, 0) is 9.53 Å². The van der Waals surface area contributed by atoms with Gasteiger partial charge in [-0.05, 0) is 55.3 Å². The maximum Gasteiger partial charge on any atom is 0.408 e. The van der Waals surface area contributed by atoms with Gasteiger partial charge in [0.15, 0.2) is 0 Å². The maximum atomic E-state index is 12.1. The zero-order valence-corrected chi connectivity index (χ0v) is 14.4. The summed E-state index contributed by atoms with van der Waals surface area (Å²) in [6.07, 6.45) is 6.51. The van der Waals surface area contributed by atoms with E-state index in [2.05, 4.69) is 11.9 Å². The van der Waals surface area contributed by atoms with Gasteiger partial charge < -0.3 is 15.2 Å². The molecule has 0 aliphatic heterocycles. The molecule has 2 saturated carbocycles. The molecule has 0 saturated heterocycles. The lowest BCUT2D eigenvalue weighted by Gasteiger charge is -2.29. The van der Waals surface area contributed by atoms with Crippen LogP contribution in [0.5, 0.6) is 0 Å². The first-order valence-corrected chi connectivity index (χ1v) is 8.55. The lowest BCUT2D eigenvalue weighted by molar-refractivity contribution is -0.142. The molecule has 2 aliphatic rings. The molecule has 1 amide bonds. The summed E-state index contributed by atoms with van der Waals surface area (Å²) in [4.78, 5) is 23.5. The van der Waals surface area contributed by atoms with Gasteiger partial charge in [-0.2, -0.15) is 0 Å². The SMILES string of the molecule is C=CCCC[C@@H]1[C@H]2C[C@H]2C[C@H]1OC(=O)N[C@H](C(=O)O)C(C)(C)C. The average Bonchev–Trinajstić information content (AvgIpc) is 3.11. The number of unbranched alkanes of at least 4 members (excludes halogenated alkanes) is 1. The van der Waals surface area contributed by atoms with Crippen molar-refractivity contribution in [2.75, 3.05) is 0 Å². The van der Waals surface area contributed by atoms with Gasteiger partial charge in [0.05, 0.1) is 0 Å². The van der Waals surface area contributed by atoms with E-state index >= 15 is 0 Å². The van der Waals surface area contributed by atoms with Crippen LogP contribution in [0.25, 0.3) is 0 Å². The number of ether oxygens (including phenoxy) is 1. The second-order valence-electron chi connectivity index (χ2n) is 8.00. The monoisotopic (exact) mass is 323 g/mol. The summed E-state index contributed by atoms with van der Waals surface area (Å²) in [6, 6.07) is -0.954. The van der Waals surface area contributed by atoms with E-state index in [-0.39, 0.29) is 6.10 Å². The normalized spacial score (nSPS) is 30.2. The smallest absolute Gasteiger partial charge is 0.408 e. The summed E-state index contributed by atoms with van der Waals surface area (Å²) < 4.78 is 5.59. The molecule has 2 N–H and O–H groups in total. The maximum absolute atomic E-state index is 12.1. The van der Waals surface area contributed by atoms with Crippen LogP contribution in [0.15, 0.2) is 12.7 Å². The van der Waals surface area contributed by atoms with E-state index in [1.807, 2.05) is 6.08 Å². The molecule has 0 radical (unpaired) electrons. The number of alkyl carbamates (subject to hydrolysis) is 1. The number of carbonyl (C=O) groups is 2. The van der Waals surface area contributed by atoms with Crippen molar-refractivity contribution in [3.63, 3.8) is 0 Å². The lowest BCUT2D eigenvalue weighted by Crippen LogP contribution is -2.50.